The Morgan fingerprint density at radius 3 is 2.40 bits per heavy atom. The minimum atomic E-state index is 0.103. The van der Waals surface area contributed by atoms with Crippen LogP contribution in [-0.2, 0) is 11.8 Å². The molecular formula is C18H31NO. The molecule has 0 aliphatic carbocycles. The zero-order chi connectivity index (χ0) is 15.3. The molecule has 114 valence electrons. The van der Waals surface area contributed by atoms with Crippen LogP contribution in [0.1, 0.15) is 63.6 Å². The lowest BCUT2D eigenvalue weighted by Crippen LogP contribution is -2.18. The van der Waals surface area contributed by atoms with Crippen LogP contribution < -0.4 is 10.5 Å². The molecule has 2 nitrogen and oxygen atoms in total. The quantitative estimate of drug-likeness (QED) is 0.838. The van der Waals surface area contributed by atoms with E-state index < -0.39 is 0 Å². The first-order valence-corrected chi connectivity index (χ1v) is 7.73. The minimum absolute atomic E-state index is 0.103. The molecule has 2 N–H and O–H groups in total. The van der Waals surface area contributed by atoms with Gasteiger partial charge in [-0.3, -0.25) is 0 Å². The highest BCUT2D eigenvalue weighted by molar-refractivity contribution is 5.47. The van der Waals surface area contributed by atoms with Crippen LogP contribution in [0.4, 0.5) is 0 Å². The standard InChI is InChI=1S/C18H31NO/c1-7-15(19)10-8-9-14-11-13(2)12-16(17(14)20-6)18(3,4)5/h11-12,15H,7-10,19H2,1-6H3. The van der Waals surface area contributed by atoms with Gasteiger partial charge in [-0.05, 0) is 43.6 Å². The van der Waals surface area contributed by atoms with Gasteiger partial charge in [-0.25, -0.2) is 0 Å². The monoisotopic (exact) mass is 277 g/mol. The highest BCUT2D eigenvalue weighted by Crippen LogP contribution is 2.35. The number of methoxy groups -OCH3 is 1. The Morgan fingerprint density at radius 2 is 1.90 bits per heavy atom. The van der Waals surface area contributed by atoms with Crippen LogP contribution in [0.3, 0.4) is 0 Å². The third kappa shape index (κ3) is 4.52. The van der Waals surface area contributed by atoms with Crippen molar-refractivity contribution in [2.24, 2.45) is 5.73 Å². The fourth-order valence-corrected chi connectivity index (χ4v) is 2.59. The molecule has 1 aromatic carbocycles. The molecule has 0 saturated carbocycles. The van der Waals surface area contributed by atoms with Crippen molar-refractivity contribution < 1.29 is 4.74 Å². The van der Waals surface area contributed by atoms with Gasteiger partial charge in [-0.2, -0.15) is 0 Å². The molecule has 0 amide bonds. The van der Waals surface area contributed by atoms with Crippen LogP contribution in [0.5, 0.6) is 5.75 Å². The minimum Gasteiger partial charge on any atom is -0.496 e. The van der Waals surface area contributed by atoms with Crippen LogP contribution in [0.2, 0.25) is 0 Å². The third-order valence-electron chi connectivity index (χ3n) is 3.87. The molecule has 20 heavy (non-hydrogen) atoms. The largest absolute Gasteiger partial charge is 0.496 e. The summed E-state index contributed by atoms with van der Waals surface area (Å²) in [6.45, 7) is 11.0. The first-order valence-electron chi connectivity index (χ1n) is 7.73. The lowest BCUT2D eigenvalue weighted by atomic mass is 9.83. The number of ether oxygens (including phenoxy) is 1. The summed E-state index contributed by atoms with van der Waals surface area (Å²) in [5.74, 6) is 1.06. The Kier molecular flexibility index (Phi) is 6.07. The highest BCUT2D eigenvalue weighted by atomic mass is 16.5. The molecule has 1 rings (SSSR count). The summed E-state index contributed by atoms with van der Waals surface area (Å²) in [4.78, 5) is 0. The topological polar surface area (TPSA) is 35.2 Å². The Morgan fingerprint density at radius 1 is 1.25 bits per heavy atom. The zero-order valence-corrected chi connectivity index (χ0v) is 14.0. The molecule has 0 aromatic heterocycles. The van der Waals surface area contributed by atoms with Gasteiger partial charge >= 0.3 is 0 Å². The predicted molar refractivity (Wildman–Crippen MR) is 87.6 cm³/mol. The molecule has 0 bridgehead atoms. The summed E-state index contributed by atoms with van der Waals surface area (Å²) in [5.41, 5.74) is 10.0. The van der Waals surface area contributed by atoms with Gasteiger partial charge in [0.1, 0.15) is 5.75 Å². The number of hydrogen-bond donors (Lipinski definition) is 1. The number of aryl methyl sites for hydroxylation is 2. The van der Waals surface area contributed by atoms with Crippen LogP contribution in [-0.4, -0.2) is 13.2 Å². The van der Waals surface area contributed by atoms with Crippen molar-refractivity contribution in [3.63, 3.8) is 0 Å². The van der Waals surface area contributed by atoms with E-state index in [-0.39, 0.29) is 5.41 Å². The third-order valence-corrected chi connectivity index (χ3v) is 3.87. The Labute approximate surface area is 124 Å². The molecule has 0 heterocycles. The van der Waals surface area contributed by atoms with Crippen molar-refractivity contribution in [1.82, 2.24) is 0 Å². The molecule has 0 aliphatic heterocycles. The van der Waals surface area contributed by atoms with E-state index in [1.54, 1.807) is 7.11 Å². The van der Waals surface area contributed by atoms with Crippen molar-refractivity contribution in [2.45, 2.75) is 71.8 Å². The van der Waals surface area contributed by atoms with Crippen LogP contribution in [0.15, 0.2) is 12.1 Å². The number of hydrogen-bond acceptors (Lipinski definition) is 2. The van der Waals surface area contributed by atoms with Crippen LogP contribution in [0.25, 0.3) is 0 Å². The van der Waals surface area contributed by atoms with Crippen molar-refractivity contribution in [1.29, 1.82) is 0 Å². The first-order chi connectivity index (χ1) is 9.29. The smallest absolute Gasteiger partial charge is 0.125 e. The number of nitrogens with two attached hydrogens (primary N) is 1. The maximum Gasteiger partial charge on any atom is 0.125 e. The summed E-state index contributed by atoms with van der Waals surface area (Å²) >= 11 is 0. The molecule has 0 saturated heterocycles. The number of rotatable bonds is 6. The van der Waals surface area contributed by atoms with Gasteiger partial charge in [-0.15, -0.1) is 0 Å². The van der Waals surface area contributed by atoms with Gasteiger partial charge in [0.2, 0.25) is 0 Å². The van der Waals surface area contributed by atoms with Gasteiger partial charge in [-0.1, -0.05) is 45.4 Å². The Hall–Kier alpha value is -1.02. The van der Waals surface area contributed by atoms with Crippen molar-refractivity contribution >= 4 is 0 Å². The Bertz CT molecular complexity index is 432. The molecule has 0 aliphatic rings. The first kappa shape index (κ1) is 17.0. The van der Waals surface area contributed by atoms with Crippen molar-refractivity contribution in [3.8, 4) is 5.75 Å². The summed E-state index contributed by atoms with van der Waals surface area (Å²) in [5, 5.41) is 0. The van der Waals surface area contributed by atoms with Crippen LogP contribution >= 0.6 is 0 Å². The molecular weight excluding hydrogens is 246 g/mol. The maximum atomic E-state index is 6.01. The van der Waals surface area contributed by atoms with Gasteiger partial charge in [0.15, 0.2) is 0 Å². The van der Waals surface area contributed by atoms with E-state index in [1.807, 2.05) is 0 Å². The van der Waals surface area contributed by atoms with Crippen molar-refractivity contribution in [3.05, 3.63) is 28.8 Å². The van der Waals surface area contributed by atoms with Gasteiger partial charge < -0.3 is 10.5 Å². The summed E-state index contributed by atoms with van der Waals surface area (Å²) in [7, 11) is 1.78. The van der Waals surface area contributed by atoms with Gasteiger partial charge in [0, 0.05) is 11.6 Å². The van der Waals surface area contributed by atoms with E-state index in [1.165, 1.54) is 16.7 Å². The number of benzene rings is 1. The molecule has 0 spiro atoms. The summed E-state index contributed by atoms with van der Waals surface area (Å²) in [6.07, 6.45) is 4.30. The van der Waals surface area contributed by atoms with E-state index in [0.29, 0.717) is 6.04 Å². The van der Waals surface area contributed by atoms with E-state index >= 15 is 0 Å². The Balaban J connectivity index is 2.98. The second kappa shape index (κ2) is 7.12. The van der Waals surface area contributed by atoms with Gasteiger partial charge in [0.25, 0.3) is 0 Å². The zero-order valence-electron chi connectivity index (χ0n) is 14.0. The van der Waals surface area contributed by atoms with E-state index in [2.05, 4.69) is 46.8 Å². The second-order valence-corrected chi connectivity index (χ2v) is 6.82. The molecule has 0 fully saturated rings. The second-order valence-electron chi connectivity index (χ2n) is 6.82. The average Bonchev–Trinajstić information content (AvgIpc) is 2.36. The average molecular weight is 277 g/mol. The fraction of sp³-hybridized carbons (Fsp3) is 0.667. The predicted octanol–water partition coefficient (Wildman–Crippen LogP) is 4.36. The molecule has 1 unspecified atom stereocenters. The highest BCUT2D eigenvalue weighted by Gasteiger charge is 2.21. The molecule has 1 aromatic rings. The molecule has 2 heteroatoms. The van der Waals surface area contributed by atoms with E-state index in [9.17, 15) is 0 Å². The lowest BCUT2D eigenvalue weighted by Gasteiger charge is -2.25. The summed E-state index contributed by atoms with van der Waals surface area (Å²) < 4.78 is 5.71. The summed E-state index contributed by atoms with van der Waals surface area (Å²) in [6, 6.07) is 4.83. The van der Waals surface area contributed by atoms with Crippen LogP contribution in [0, 0.1) is 6.92 Å². The molecule has 1 atom stereocenters. The molecule has 0 radical (unpaired) electrons. The SMILES string of the molecule is CCC(N)CCCc1cc(C)cc(C(C)(C)C)c1OC. The fourth-order valence-electron chi connectivity index (χ4n) is 2.59. The van der Waals surface area contributed by atoms with Gasteiger partial charge in [0.05, 0.1) is 7.11 Å². The van der Waals surface area contributed by atoms with E-state index in [0.717, 1.165) is 31.4 Å². The maximum absolute atomic E-state index is 6.01. The van der Waals surface area contributed by atoms with E-state index in [4.69, 9.17) is 10.5 Å². The van der Waals surface area contributed by atoms with Crippen molar-refractivity contribution in [2.75, 3.05) is 7.11 Å². The lowest BCUT2D eigenvalue weighted by molar-refractivity contribution is 0.391. The normalized spacial score (nSPS) is 13.3.